The fourth-order valence-corrected chi connectivity index (χ4v) is 8.45. The molecule has 7 atom stereocenters. The largest absolute Gasteiger partial charge is 0.465 e. The summed E-state index contributed by atoms with van der Waals surface area (Å²) in [6.07, 6.45) is -5.63. The Morgan fingerprint density at radius 3 is 1.70 bits per heavy atom. The van der Waals surface area contributed by atoms with Gasteiger partial charge in [0, 0.05) is 46.8 Å². The highest BCUT2D eigenvalue weighted by Gasteiger charge is 2.45. The molecule has 4 aromatic rings. The molecule has 3 aliphatic heterocycles. The lowest BCUT2D eigenvalue weighted by Gasteiger charge is -2.31. The Morgan fingerprint density at radius 1 is 0.683 bits per heavy atom. The molecule has 0 aliphatic carbocycles. The van der Waals surface area contributed by atoms with E-state index in [1.165, 1.54) is 19.1 Å². The molecule has 16 nitrogen and oxygen atoms in total. The number of halogens is 2. The number of nitrogens with zero attached hydrogens (tertiary/aromatic N) is 3. The van der Waals surface area contributed by atoms with Gasteiger partial charge in [-0.25, -0.2) is 18.4 Å². The first kappa shape index (κ1) is 44.3. The van der Waals surface area contributed by atoms with E-state index in [-0.39, 0.29) is 37.8 Å². The van der Waals surface area contributed by atoms with E-state index in [2.05, 4.69) is 30.7 Å². The van der Waals surface area contributed by atoms with Crippen molar-refractivity contribution in [3.05, 3.63) is 78.4 Å². The summed E-state index contributed by atoms with van der Waals surface area (Å²) in [6.45, 7) is 6.28. The van der Waals surface area contributed by atoms with Crippen LogP contribution in [0.5, 0.6) is 5.75 Å². The molecule has 3 aromatic carbocycles. The van der Waals surface area contributed by atoms with E-state index in [0.717, 1.165) is 27.1 Å². The van der Waals surface area contributed by atoms with Gasteiger partial charge in [0.05, 0.1) is 38.5 Å². The summed E-state index contributed by atoms with van der Waals surface area (Å²) in [5.74, 6) is -2.68. The van der Waals surface area contributed by atoms with Gasteiger partial charge >= 0.3 is 12.2 Å². The van der Waals surface area contributed by atoms with Crippen molar-refractivity contribution in [1.82, 2.24) is 25.0 Å². The summed E-state index contributed by atoms with van der Waals surface area (Å²) < 4.78 is 47.8. The average molecular weight is 872 g/mol. The van der Waals surface area contributed by atoms with Crippen LogP contribution in [0.2, 0.25) is 0 Å². The van der Waals surface area contributed by atoms with Crippen molar-refractivity contribution in [2.75, 3.05) is 37.9 Å². The summed E-state index contributed by atoms with van der Waals surface area (Å²) in [5.41, 5.74) is 3.78. The number of amides is 6. The van der Waals surface area contributed by atoms with Gasteiger partial charge in [-0.15, -0.1) is 0 Å². The minimum absolute atomic E-state index is 0.209. The summed E-state index contributed by atoms with van der Waals surface area (Å²) in [6, 6.07) is 17.5. The fourth-order valence-electron chi connectivity index (χ4n) is 8.45. The maximum atomic E-state index is 14.9. The zero-order chi connectivity index (χ0) is 45.3. The van der Waals surface area contributed by atoms with Gasteiger partial charge < -0.3 is 49.8 Å². The number of benzene rings is 3. The van der Waals surface area contributed by atoms with Gasteiger partial charge in [0.25, 0.3) is 0 Å². The standard InChI is InChI=1S/C45H51F2N7O9/c1-23(2)37(50-44(59)61-5)41(57)52-21-27(46)18-34(52)39(55)48-29-13-15-32-26(16-29)17-33-31-14-12-30(20-36(31)63-43(54(32)33)25-10-8-7-9-11-25)49-40(56)35-19-28(47)22-53(35)42(58)38(24(3)4)51-45(60)62-6/h7-17,20,23-24,27-28,34-35,37-38,43H,18-19,21-22H2,1-6H3,(H,48,55)(H,49,56)(H,50,59)(H,51,60)/t27-,28+,34-,35-,37-,38-,43?/m0/s1. The summed E-state index contributed by atoms with van der Waals surface area (Å²) in [7, 11) is 2.34. The topological polar surface area (TPSA) is 190 Å². The molecule has 0 spiro atoms. The van der Waals surface area contributed by atoms with Crippen LogP contribution in [-0.4, -0.2) is 114 Å². The molecule has 0 saturated carbocycles. The van der Waals surface area contributed by atoms with Crippen LogP contribution < -0.4 is 26.0 Å². The summed E-state index contributed by atoms with van der Waals surface area (Å²) >= 11 is 0. The first-order chi connectivity index (χ1) is 30.1. The molecule has 6 amide bonds. The van der Waals surface area contributed by atoms with Crippen LogP contribution in [0.4, 0.5) is 29.7 Å². The number of hydrogen-bond acceptors (Lipinski definition) is 9. The van der Waals surface area contributed by atoms with Crippen molar-refractivity contribution < 1.29 is 51.8 Å². The number of alkyl halides is 2. The molecule has 1 aromatic heterocycles. The lowest BCUT2D eigenvalue weighted by Crippen LogP contribution is -2.54. The number of anilines is 2. The third-order valence-corrected chi connectivity index (χ3v) is 11.6. The number of methoxy groups -OCH3 is 2. The molecular formula is C45H51F2N7O9. The quantitative estimate of drug-likeness (QED) is 0.145. The number of carbonyl (C=O) groups excluding carboxylic acids is 6. The minimum atomic E-state index is -1.45. The maximum Gasteiger partial charge on any atom is 0.407 e. The highest BCUT2D eigenvalue weighted by molar-refractivity contribution is 6.02. The van der Waals surface area contributed by atoms with Crippen LogP contribution in [-0.2, 0) is 28.7 Å². The monoisotopic (exact) mass is 871 g/mol. The summed E-state index contributed by atoms with van der Waals surface area (Å²) in [4.78, 5) is 81.0. The molecule has 3 aliphatic rings. The number of alkyl carbamates (subject to hydrolysis) is 2. The molecule has 1 unspecified atom stereocenters. The van der Waals surface area contributed by atoms with Gasteiger partial charge in [0.2, 0.25) is 29.9 Å². The van der Waals surface area contributed by atoms with Crippen molar-refractivity contribution in [1.29, 1.82) is 0 Å². The molecule has 0 bridgehead atoms. The Kier molecular flexibility index (Phi) is 12.9. The third kappa shape index (κ3) is 9.11. The number of fused-ring (bicyclic) bond motifs is 5. The predicted molar refractivity (Wildman–Crippen MR) is 228 cm³/mol. The van der Waals surface area contributed by atoms with E-state index in [1.807, 2.05) is 47.0 Å². The van der Waals surface area contributed by atoms with Gasteiger partial charge in [-0.2, -0.15) is 0 Å². The number of carbonyl (C=O) groups is 6. The van der Waals surface area contributed by atoms with E-state index >= 15 is 0 Å². The molecule has 7 rings (SSSR count). The Labute approximate surface area is 362 Å². The lowest BCUT2D eigenvalue weighted by atomic mass is 10.0. The highest BCUT2D eigenvalue weighted by Crippen LogP contribution is 2.45. The van der Waals surface area contributed by atoms with E-state index in [0.29, 0.717) is 22.7 Å². The van der Waals surface area contributed by atoms with Gasteiger partial charge in [0.15, 0.2) is 0 Å². The highest BCUT2D eigenvalue weighted by atomic mass is 19.1. The third-order valence-electron chi connectivity index (χ3n) is 11.6. The van der Waals surface area contributed by atoms with Gasteiger partial charge in [-0.1, -0.05) is 58.0 Å². The number of ether oxygens (including phenoxy) is 3. The number of nitrogens with one attached hydrogen (secondary N) is 4. The van der Waals surface area contributed by atoms with Crippen molar-refractivity contribution in [2.45, 2.75) is 83.3 Å². The van der Waals surface area contributed by atoms with Crippen molar-refractivity contribution in [2.24, 2.45) is 11.8 Å². The fraction of sp³-hybridized carbons (Fsp3) is 0.422. The zero-order valence-corrected chi connectivity index (χ0v) is 35.7. The van der Waals surface area contributed by atoms with Crippen LogP contribution in [0.25, 0.3) is 22.2 Å². The predicted octanol–water partition coefficient (Wildman–Crippen LogP) is 5.76. The average Bonchev–Trinajstić information content (AvgIpc) is 3.98. The van der Waals surface area contributed by atoms with E-state index in [1.54, 1.807) is 58.0 Å². The molecule has 0 radical (unpaired) electrons. The summed E-state index contributed by atoms with van der Waals surface area (Å²) in [5, 5.41) is 11.4. The van der Waals surface area contributed by atoms with Crippen molar-refractivity contribution in [3.8, 4) is 17.0 Å². The number of aromatic nitrogens is 1. The number of hydrogen-bond donors (Lipinski definition) is 4. The minimum Gasteiger partial charge on any atom is -0.465 e. The molecular weight excluding hydrogens is 821 g/mol. The second kappa shape index (κ2) is 18.3. The Hall–Kier alpha value is -6.72. The molecule has 2 fully saturated rings. The van der Waals surface area contributed by atoms with Gasteiger partial charge in [0.1, 0.15) is 42.3 Å². The zero-order valence-electron chi connectivity index (χ0n) is 35.7. The number of likely N-dealkylation sites (tertiary alicyclic amines) is 2. The smallest absolute Gasteiger partial charge is 0.407 e. The van der Waals surface area contributed by atoms with Crippen LogP contribution in [0.3, 0.4) is 0 Å². The van der Waals surface area contributed by atoms with Crippen LogP contribution in [0.15, 0.2) is 72.8 Å². The molecule has 2 saturated heterocycles. The molecule has 334 valence electrons. The Bertz CT molecular complexity index is 2410. The molecule has 4 heterocycles. The molecule has 63 heavy (non-hydrogen) atoms. The molecule has 18 heteroatoms. The first-order valence-electron chi connectivity index (χ1n) is 20.8. The van der Waals surface area contributed by atoms with E-state index in [9.17, 15) is 37.5 Å². The van der Waals surface area contributed by atoms with E-state index in [4.69, 9.17) is 4.74 Å². The molecule has 4 N–H and O–H groups in total. The Morgan fingerprint density at radius 2 is 1.19 bits per heavy atom. The van der Waals surface area contributed by atoms with Gasteiger partial charge in [-0.3, -0.25) is 19.2 Å². The van der Waals surface area contributed by atoms with Crippen LogP contribution in [0.1, 0.15) is 52.3 Å². The van der Waals surface area contributed by atoms with Gasteiger partial charge in [-0.05, 0) is 48.2 Å². The lowest BCUT2D eigenvalue weighted by molar-refractivity contribution is -0.139. The maximum absolute atomic E-state index is 14.9. The van der Waals surface area contributed by atoms with Crippen molar-refractivity contribution >= 4 is 58.1 Å². The SMILES string of the molecule is COC(=O)N[C@H](C(=O)N1C[C@H](F)C[C@H]1C(=O)Nc1ccc2c(c1)OC(c1ccccc1)n1c-2cc2cc(NC(=O)[C@@H]3C[C@H](F)CN3C(=O)[C@@H](NC(=O)OC)C(C)C)ccc21)C(C)C. The Balaban J connectivity index is 1.15. The second-order valence-corrected chi connectivity index (χ2v) is 16.6. The van der Waals surface area contributed by atoms with Crippen LogP contribution >= 0.6 is 0 Å². The second-order valence-electron chi connectivity index (χ2n) is 16.6. The van der Waals surface area contributed by atoms with Crippen molar-refractivity contribution in [3.63, 3.8) is 0 Å². The van der Waals surface area contributed by atoms with Crippen LogP contribution in [0, 0.1) is 11.8 Å². The normalized spacial score (nSPS) is 21.2. The van der Waals surface area contributed by atoms with E-state index < -0.39 is 78.6 Å². The first-order valence-corrected chi connectivity index (χ1v) is 20.8. The number of rotatable bonds is 11.